The summed E-state index contributed by atoms with van der Waals surface area (Å²) in [6, 6.07) is 14.6. The van der Waals surface area contributed by atoms with Gasteiger partial charge >= 0.3 is 5.97 Å². The average Bonchev–Trinajstić information content (AvgIpc) is 2.88. The predicted octanol–water partition coefficient (Wildman–Crippen LogP) is 7.14. The van der Waals surface area contributed by atoms with Crippen molar-refractivity contribution < 1.29 is 32.5 Å². The van der Waals surface area contributed by atoms with E-state index < -0.39 is 11.6 Å². The van der Waals surface area contributed by atoms with E-state index in [0.29, 0.717) is 29.4 Å². The molecule has 0 saturated heterocycles. The van der Waals surface area contributed by atoms with Crippen molar-refractivity contribution >= 4 is 29.3 Å². The zero-order chi connectivity index (χ0) is 25.7. The molecule has 190 valence electrons. The van der Waals surface area contributed by atoms with Gasteiger partial charge in [0.25, 0.3) is 0 Å². The molecule has 9 heteroatoms. The van der Waals surface area contributed by atoms with Gasteiger partial charge in [-0.25, -0.2) is 8.78 Å². The van der Waals surface area contributed by atoms with Crippen molar-refractivity contribution in [1.29, 1.82) is 0 Å². The number of benzene rings is 3. The Labute approximate surface area is 217 Å². The molecular formula is C27H25ClF2O5S. The van der Waals surface area contributed by atoms with E-state index in [2.05, 4.69) is 0 Å². The second-order valence-corrected chi connectivity index (χ2v) is 9.87. The molecule has 0 bridgehead atoms. The van der Waals surface area contributed by atoms with Crippen molar-refractivity contribution in [1.82, 2.24) is 0 Å². The van der Waals surface area contributed by atoms with Gasteiger partial charge in [0.05, 0.1) is 19.2 Å². The van der Waals surface area contributed by atoms with Gasteiger partial charge in [-0.05, 0) is 55.0 Å². The smallest absolute Gasteiger partial charge is 0.305 e. The first-order valence-corrected chi connectivity index (χ1v) is 12.6. The lowest BCUT2D eigenvalue weighted by molar-refractivity contribution is -0.141. The van der Waals surface area contributed by atoms with E-state index in [4.69, 9.17) is 30.5 Å². The van der Waals surface area contributed by atoms with Crippen LogP contribution in [-0.4, -0.2) is 26.3 Å². The average molecular weight is 535 g/mol. The van der Waals surface area contributed by atoms with Crippen molar-refractivity contribution in [2.75, 3.05) is 14.2 Å². The predicted molar refractivity (Wildman–Crippen MR) is 134 cm³/mol. The Balaban J connectivity index is 1.58. The zero-order valence-corrected chi connectivity index (χ0v) is 21.3. The van der Waals surface area contributed by atoms with Crippen molar-refractivity contribution in [2.24, 2.45) is 0 Å². The van der Waals surface area contributed by atoms with E-state index in [9.17, 15) is 13.6 Å². The Morgan fingerprint density at radius 2 is 1.94 bits per heavy atom. The summed E-state index contributed by atoms with van der Waals surface area (Å²) in [7, 11) is 2.78. The van der Waals surface area contributed by atoms with Crippen LogP contribution in [0.3, 0.4) is 0 Å². The maximum atomic E-state index is 14.2. The number of hydrogen-bond donors (Lipinski definition) is 0. The van der Waals surface area contributed by atoms with Gasteiger partial charge < -0.3 is 18.9 Å². The first kappa shape index (κ1) is 26.1. The summed E-state index contributed by atoms with van der Waals surface area (Å²) < 4.78 is 50.0. The highest BCUT2D eigenvalue weighted by molar-refractivity contribution is 7.99. The fourth-order valence-corrected chi connectivity index (χ4v) is 5.43. The highest BCUT2D eigenvalue weighted by atomic mass is 35.5. The van der Waals surface area contributed by atoms with Crippen LogP contribution in [0.25, 0.3) is 0 Å². The highest BCUT2D eigenvalue weighted by Crippen LogP contribution is 2.48. The van der Waals surface area contributed by atoms with Gasteiger partial charge in [0.2, 0.25) is 0 Å². The fraction of sp³-hybridized carbons (Fsp3) is 0.296. The SMILES string of the molecule is COC(=O)CCC1CC(Sc2ccc(F)c(OC)c2)c2cc(OCc3c(F)cccc3Cl)ccc2O1. The van der Waals surface area contributed by atoms with Gasteiger partial charge in [0.1, 0.15) is 30.0 Å². The molecule has 0 fully saturated rings. The third-order valence-corrected chi connectivity index (χ3v) is 7.45. The van der Waals surface area contributed by atoms with Crippen LogP contribution < -0.4 is 14.2 Å². The maximum absolute atomic E-state index is 14.2. The van der Waals surface area contributed by atoms with E-state index in [1.54, 1.807) is 36.4 Å². The number of carbonyl (C=O) groups excluding carboxylic acids is 1. The van der Waals surface area contributed by atoms with Crippen LogP contribution in [0.4, 0.5) is 8.78 Å². The molecule has 0 spiro atoms. The molecule has 1 aliphatic heterocycles. The largest absolute Gasteiger partial charge is 0.494 e. The molecule has 5 nitrogen and oxygen atoms in total. The third kappa shape index (κ3) is 6.23. The van der Waals surface area contributed by atoms with Crippen molar-refractivity contribution in [3.05, 3.63) is 82.4 Å². The second-order valence-electron chi connectivity index (χ2n) is 8.18. The molecule has 0 aliphatic carbocycles. The van der Waals surface area contributed by atoms with E-state index >= 15 is 0 Å². The molecule has 1 heterocycles. The Bertz CT molecular complexity index is 1220. The van der Waals surface area contributed by atoms with Gasteiger partial charge in [-0.1, -0.05) is 17.7 Å². The van der Waals surface area contributed by atoms with Crippen LogP contribution in [0.15, 0.2) is 59.5 Å². The fourth-order valence-electron chi connectivity index (χ4n) is 3.94. The quantitative estimate of drug-likeness (QED) is 0.272. The summed E-state index contributed by atoms with van der Waals surface area (Å²) >= 11 is 7.66. The van der Waals surface area contributed by atoms with Gasteiger partial charge in [-0.15, -0.1) is 11.8 Å². The van der Waals surface area contributed by atoms with Crippen LogP contribution in [0, 0.1) is 11.6 Å². The van der Waals surface area contributed by atoms with Crippen LogP contribution in [0.2, 0.25) is 5.02 Å². The third-order valence-electron chi connectivity index (χ3n) is 5.84. The minimum Gasteiger partial charge on any atom is -0.494 e. The summed E-state index contributed by atoms with van der Waals surface area (Å²) in [5, 5.41) is 0.218. The highest BCUT2D eigenvalue weighted by Gasteiger charge is 2.30. The van der Waals surface area contributed by atoms with Crippen LogP contribution >= 0.6 is 23.4 Å². The van der Waals surface area contributed by atoms with E-state index in [-0.39, 0.29) is 41.7 Å². The molecule has 0 amide bonds. The normalized spacial score (nSPS) is 16.6. The first-order chi connectivity index (χ1) is 17.4. The molecule has 36 heavy (non-hydrogen) atoms. The molecule has 3 aromatic carbocycles. The molecule has 0 aromatic heterocycles. The van der Waals surface area contributed by atoms with Gasteiger partial charge in [-0.3, -0.25) is 4.79 Å². The lowest BCUT2D eigenvalue weighted by Crippen LogP contribution is -2.25. The standard InChI is InChI=1S/C27H25ClF2O5S/c1-32-25-14-18(8-9-23(25)30)36-26-13-17(7-11-27(31)33-2)35-24-10-6-16(12-19(24)26)34-15-20-21(28)4-3-5-22(20)29/h3-6,8-10,12,14,17,26H,7,11,13,15H2,1-2H3. The van der Waals surface area contributed by atoms with Gasteiger partial charge in [0.15, 0.2) is 11.6 Å². The lowest BCUT2D eigenvalue weighted by atomic mass is 9.98. The Kier molecular flexibility index (Phi) is 8.59. The maximum Gasteiger partial charge on any atom is 0.305 e. The number of methoxy groups -OCH3 is 2. The van der Waals surface area contributed by atoms with Gasteiger partial charge in [-0.2, -0.15) is 0 Å². The van der Waals surface area contributed by atoms with E-state index in [1.807, 2.05) is 6.07 Å². The number of carbonyl (C=O) groups is 1. The van der Waals surface area contributed by atoms with Crippen molar-refractivity contribution in [2.45, 2.75) is 42.1 Å². The monoisotopic (exact) mass is 534 g/mol. The van der Waals surface area contributed by atoms with Crippen LogP contribution in [0.5, 0.6) is 17.2 Å². The summed E-state index contributed by atoms with van der Waals surface area (Å²) in [6.45, 7) is -0.0279. The Hall–Kier alpha value is -2.97. The summed E-state index contributed by atoms with van der Waals surface area (Å²) in [4.78, 5) is 12.5. The summed E-state index contributed by atoms with van der Waals surface area (Å²) in [6.07, 6.45) is 1.14. The minimum absolute atomic E-state index is 0.0279. The first-order valence-electron chi connectivity index (χ1n) is 11.3. The summed E-state index contributed by atoms with van der Waals surface area (Å²) in [5.41, 5.74) is 1.16. The van der Waals surface area contributed by atoms with Crippen molar-refractivity contribution in [3.63, 3.8) is 0 Å². The molecular weight excluding hydrogens is 510 g/mol. The van der Waals surface area contributed by atoms with Crippen LogP contribution in [-0.2, 0) is 16.1 Å². The number of halogens is 3. The molecule has 2 unspecified atom stereocenters. The lowest BCUT2D eigenvalue weighted by Gasteiger charge is -2.32. The number of esters is 1. The molecule has 0 N–H and O–H groups in total. The van der Waals surface area contributed by atoms with Gasteiger partial charge in [0, 0.05) is 34.1 Å². The number of hydrogen-bond acceptors (Lipinski definition) is 6. The number of ether oxygens (including phenoxy) is 4. The summed E-state index contributed by atoms with van der Waals surface area (Å²) in [5.74, 6) is 0.190. The number of thioether (sulfide) groups is 1. The number of fused-ring (bicyclic) bond motifs is 1. The molecule has 4 rings (SSSR count). The Morgan fingerprint density at radius 1 is 1.11 bits per heavy atom. The Morgan fingerprint density at radius 3 is 2.69 bits per heavy atom. The minimum atomic E-state index is -0.437. The van der Waals surface area contributed by atoms with E-state index in [1.165, 1.54) is 38.1 Å². The van der Waals surface area contributed by atoms with Crippen LogP contribution in [0.1, 0.15) is 35.6 Å². The molecule has 0 radical (unpaired) electrons. The molecule has 2 atom stereocenters. The topological polar surface area (TPSA) is 54.0 Å². The zero-order valence-electron chi connectivity index (χ0n) is 19.8. The van der Waals surface area contributed by atoms with Crippen molar-refractivity contribution in [3.8, 4) is 17.2 Å². The molecule has 1 aliphatic rings. The molecule has 0 saturated carbocycles. The molecule has 3 aromatic rings. The van der Waals surface area contributed by atoms with E-state index in [0.717, 1.165) is 10.5 Å². The second kappa shape index (κ2) is 11.8. The number of rotatable bonds is 9.